The molecule has 1 heterocycles. The first-order valence-electron chi connectivity index (χ1n) is 10.2. The zero-order valence-electron chi connectivity index (χ0n) is 15.9. The Balaban J connectivity index is 1.75. The quantitative estimate of drug-likeness (QED) is 0.545. The molecule has 0 radical (unpaired) electrons. The summed E-state index contributed by atoms with van der Waals surface area (Å²) in [5.74, 6) is 1.97. The van der Waals surface area contributed by atoms with Crippen LogP contribution in [0.25, 0.3) is 0 Å². The number of anilines is 1. The number of unbranched alkanes of at least 4 members (excludes halogenated alkanes) is 1. The molecule has 1 saturated carbocycles. The Bertz CT molecular complexity index is 611. The Morgan fingerprint density at radius 1 is 1.19 bits per heavy atom. The molecule has 144 valence electrons. The van der Waals surface area contributed by atoms with E-state index in [1.54, 1.807) is 0 Å². The van der Waals surface area contributed by atoms with Crippen molar-refractivity contribution in [3.05, 3.63) is 28.2 Å². The fourth-order valence-electron chi connectivity index (χ4n) is 4.11. The van der Waals surface area contributed by atoms with Crippen LogP contribution < -0.4 is 4.90 Å². The van der Waals surface area contributed by atoms with Crippen molar-refractivity contribution in [3.8, 4) is 0 Å². The molecule has 0 N–H and O–H groups in total. The minimum Gasteiger partial charge on any atom is -0.363 e. The van der Waals surface area contributed by atoms with Crippen molar-refractivity contribution in [1.82, 2.24) is 4.90 Å². The fourth-order valence-corrected chi connectivity index (χ4v) is 4.63. The Kier molecular flexibility index (Phi) is 7.51. The van der Waals surface area contributed by atoms with Gasteiger partial charge in [0, 0.05) is 24.7 Å². The van der Waals surface area contributed by atoms with E-state index < -0.39 is 0 Å². The molecular weight excluding hydrogens is 365 g/mol. The zero-order chi connectivity index (χ0) is 18.4. The summed E-state index contributed by atoms with van der Waals surface area (Å²) in [4.78, 5) is 9.71. The maximum atomic E-state index is 6.57. The number of amidine groups is 1. The van der Waals surface area contributed by atoms with Crippen molar-refractivity contribution in [2.75, 3.05) is 37.6 Å². The fraction of sp³-hybridized carbons (Fsp3) is 0.667. The second-order valence-corrected chi connectivity index (χ2v) is 8.46. The largest absolute Gasteiger partial charge is 0.363 e. The lowest BCUT2D eigenvalue weighted by Gasteiger charge is -2.33. The van der Waals surface area contributed by atoms with Crippen LogP contribution in [0.1, 0.15) is 51.9 Å². The van der Waals surface area contributed by atoms with Gasteiger partial charge in [0.25, 0.3) is 0 Å². The number of hydrogen-bond donors (Lipinski definition) is 0. The van der Waals surface area contributed by atoms with Gasteiger partial charge in [-0.15, -0.1) is 0 Å². The molecule has 1 aliphatic heterocycles. The molecule has 2 aliphatic rings. The van der Waals surface area contributed by atoms with Crippen molar-refractivity contribution < 1.29 is 0 Å². The Labute approximate surface area is 168 Å². The van der Waals surface area contributed by atoms with Crippen molar-refractivity contribution in [1.29, 1.82) is 0 Å². The lowest BCUT2D eigenvalue weighted by molar-refractivity contribution is 0.359. The molecule has 0 saturated heterocycles. The predicted molar refractivity (Wildman–Crippen MR) is 114 cm³/mol. The molecular formula is C21H31Cl2N3. The average Bonchev–Trinajstić information content (AvgIpc) is 3.07. The van der Waals surface area contributed by atoms with E-state index in [0.717, 1.165) is 49.4 Å². The van der Waals surface area contributed by atoms with Crippen LogP contribution in [0.3, 0.4) is 0 Å². The van der Waals surface area contributed by atoms with Crippen molar-refractivity contribution >= 4 is 34.7 Å². The van der Waals surface area contributed by atoms with Crippen LogP contribution in [0.15, 0.2) is 23.2 Å². The molecule has 0 spiro atoms. The molecule has 0 unspecified atom stereocenters. The summed E-state index contributed by atoms with van der Waals surface area (Å²) in [6.07, 6.45) is 9.20. The number of hydrogen-bond acceptors (Lipinski definition) is 3. The summed E-state index contributed by atoms with van der Waals surface area (Å²) < 4.78 is 0. The van der Waals surface area contributed by atoms with E-state index in [1.807, 2.05) is 12.1 Å². The monoisotopic (exact) mass is 395 g/mol. The third-order valence-corrected chi connectivity index (χ3v) is 6.13. The van der Waals surface area contributed by atoms with Crippen LogP contribution in [0.4, 0.5) is 5.69 Å². The second-order valence-electron chi connectivity index (χ2n) is 7.62. The molecule has 1 aliphatic carbocycles. The minimum absolute atomic E-state index is 0.694. The first-order valence-corrected chi connectivity index (χ1v) is 10.9. The molecule has 3 nitrogen and oxygen atoms in total. The number of rotatable bonds is 8. The van der Waals surface area contributed by atoms with Crippen LogP contribution in [-0.4, -0.2) is 43.5 Å². The molecule has 26 heavy (non-hydrogen) atoms. The van der Waals surface area contributed by atoms with Gasteiger partial charge in [0.2, 0.25) is 0 Å². The lowest BCUT2D eigenvalue weighted by atomic mass is 9.89. The summed E-state index contributed by atoms with van der Waals surface area (Å²) in [6, 6.07) is 5.87. The SMILES string of the molecule is CCCCN1CCN=C1CN(CC1CCCCC1)c1ccc(Cl)cc1Cl. The van der Waals surface area contributed by atoms with Gasteiger partial charge in [-0.3, -0.25) is 4.99 Å². The summed E-state index contributed by atoms with van der Waals surface area (Å²) in [5.41, 5.74) is 1.09. The number of halogens is 2. The van der Waals surface area contributed by atoms with E-state index in [-0.39, 0.29) is 0 Å². The number of aliphatic imine (C=N–C) groups is 1. The first kappa shape index (κ1) is 19.8. The van der Waals surface area contributed by atoms with Crippen LogP contribution >= 0.6 is 23.2 Å². The molecule has 1 fully saturated rings. The molecule has 1 aromatic rings. The summed E-state index contributed by atoms with van der Waals surface area (Å²) in [5, 5.41) is 1.44. The first-order chi connectivity index (χ1) is 12.7. The molecule has 0 amide bonds. The molecule has 3 rings (SSSR count). The van der Waals surface area contributed by atoms with Gasteiger partial charge in [-0.2, -0.15) is 0 Å². The number of benzene rings is 1. The van der Waals surface area contributed by atoms with Gasteiger partial charge in [0.15, 0.2) is 0 Å². The Morgan fingerprint density at radius 3 is 2.73 bits per heavy atom. The zero-order valence-corrected chi connectivity index (χ0v) is 17.4. The highest BCUT2D eigenvalue weighted by atomic mass is 35.5. The van der Waals surface area contributed by atoms with E-state index in [2.05, 4.69) is 22.8 Å². The summed E-state index contributed by atoms with van der Waals surface area (Å²) >= 11 is 12.7. The highest BCUT2D eigenvalue weighted by Crippen LogP contribution is 2.32. The van der Waals surface area contributed by atoms with Crippen molar-refractivity contribution in [2.24, 2.45) is 10.9 Å². The van der Waals surface area contributed by atoms with Gasteiger partial charge in [0.05, 0.1) is 23.8 Å². The van der Waals surface area contributed by atoms with Crippen LogP contribution in [0.2, 0.25) is 10.0 Å². The van der Waals surface area contributed by atoms with Gasteiger partial charge in [0.1, 0.15) is 5.84 Å². The third kappa shape index (κ3) is 5.29. The topological polar surface area (TPSA) is 18.8 Å². The van der Waals surface area contributed by atoms with Gasteiger partial charge in [-0.1, -0.05) is 55.8 Å². The van der Waals surface area contributed by atoms with Gasteiger partial charge in [-0.05, 0) is 43.4 Å². The van der Waals surface area contributed by atoms with Gasteiger partial charge < -0.3 is 9.80 Å². The van der Waals surface area contributed by atoms with E-state index in [0.29, 0.717) is 5.02 Å². The van der Waals surface area contributed by atoms with E-state index in [4.69, 9.17) is 28.2 Å². The maximum Gasteiger partial charge on any atom is 0.119 e. The van der Waals surface area contributed by atoms with E-state index in [9.17, 15) is 0 Å². The second kappa shape index (κ2) is 9.85. The van der Waals surface area contributed by atoms with E-state index >= 15 is 0 Å². The highest BCUT2D eigenvalue weighted by Gasteiger charge is 2.24. The van der Waals surface area contributed by atoms with Crippen molar-refractivity contribution in [3.63, 3.8) is 0 Å². The molecule has 5 heteroatoms. The standard InChI is InChI=1S/C21H31Cl2N3/c1-2-3-12-25-13-11-24-21(25)16-26(15-17-7-5-4-6-8-17)20-10-9-18(22)14-19(20)23/h9-10,14,17H,2-8,11-13,15-16H2,1H3. The normalized spacial score (nSPS) is 18.3. The Hall–Kier alpha value is -0.930. The van der Waals surface area contributed by atoms with E-state index in [1.165, 1.54) is 50.8 Å². The third-order valence-electron chi connectivity index (χ3n) is 5.60. The predicted octanol–water partition coefficient (Wildman–Crippen LogP) is 5.89. The maximum absolute atomic E-state index is 6.57. The average molecular weight is 396 g/mol. The lowest BCUT2D eigenvalue weighted by Crippen LogP contribution is -2.41. The highest BCUT2D eigenvalue weighted by molar-refractivity contribution is 6.36. The Morgan fingerprint density at radius 2 is 2.00 bits per heavy atom. The van der Waals surface area contributed by atoms with Crippen molar-refractivity contribution in [2.45, 2.75) is 51.9 Å². The molecule has 0 atom stereocenters. The van der Waals surface area contributed by atoms with Gasteiger partial charge >= 0.3 is 0 Å². The molecule has 0 bridgehead atoms. The minimum atomic E-state index is 0.694. The molecule has 0 aromatic heterocycles. The van der Waals surface area contributed by atoms with Gasteiger partial charge in [-0.25, -0.2) is 0 Å². The summed E-state index contributed by atoms with van der Waals surface area (Å²) in [6.45, 7) is 7.24. The number of nitrogens with zero attached hydrogens (tertiary/aromatic N) is 3. The molecule has 1 aromatic carbocycles. The van der Waals surface area contributed by atoms with Crippen LogP contribution in [0.5, 0.6) is 0 Å². The smallest absolute Gasteiger partial charge is 0.119 e. The van der Waals surface area contributed by atoms with Crippen LogP contribution in [-0.2, 0) is 0 Å². The van der Waals surface area contributed by atoms with Crippen LogP contribution in [0, 0.1) is 5.92 Å². The summed E-state index contributed by atoms with van der Waals surface area (Å²) in [7, 11) is 0.